The van der Waals surface area contributed by atoms with E-state index in [-0.39, 0.29) is 22.5 Å². The second-order valence-electron chi connectivity index (χ2n) is 4.51. The van der Waals surface area contributed by atoms with E-state index in [1.54, 1.807) is 0 Å². The molecule has 4 atom stereocenters. The SMILES string of the molecule is Nc1[nH]c(=O)nc2c1ncn2[C@@H]1O[C@H](CO)[C@@H](O)[C@H]1O.O. The van der Waals surface area contributed by atoms with Crippen molar-refractivity contribution in [2.75, 3.05) is 12.3 Å². The number of aromatic nitrogens is 4. The summed E-state index contributed by atoms with van der Waals surface area (Å²) in [6, 6.07) is 0. The number of aliphatic hydroxyl groups is 3. The molecular weight excluding hydrogens is 286 g/mol. The first-order chi connectivity index (χ1) is 9.52. The maximum atomic E-state index is 11.4. The van der Waals surface area contributed by atoms with Gasteiger partial charge in [-0.1, -0.05) is 0 Å². The number of rotatable bonds is 2. The number of H-pyrrole nitrogens is 1. The molecule has 1 saturated heterocycles. The van der Waals surface area contributed by atoms with Crippen molar-refractivity contribution < 1.29 is 25.5 Å². The highest BCUT2D eigenvalue weighted by Gasteiger charge is 2.44. The predicted octanol–water partition coefficient (Wildman–Crippen LogP) is -3.51. The Bertz CT molecular complexity index is 699. The third-order valence-electron chi connectivity index (χ3n) is 3.26. The van der Waals surface area contributed by atoms with Crippen LogP contribution in [-0.2, 0) is 4.74 Å². The summed E-state index contributed by atoms with van der Waals surface area (Å²) < 4.78 is 6.64. The zero-order valence-electron chi connectivity index (χ0n) is 10.7. The number of ether oxygens (including phenoxy) is 1. The van der Waals surface area contributed by atoms with Crippen molar-refractivity contribution in [3.63, 3.8) is 0 Å². The van der Waals surface area contributed by atoms with Gasteiger partial charge in [0.05, 0.1) is 12.9 Å². The van der Waals surface area contributed by atoms with Gasteiger partial charge in [0.1, 0.15) is 29.6 Å². The molecule has 2 aromatic rings. The second kappa shape index (κ2) is 5.38. The number of fused-ring (bicyclic) bond motifs is 1. The molecule has 0 aromatic carbocycles. The van der Waals surface area contributed by atoms with Crippen molar-refractivity contribution in [3.8, 4) is 0 Å². The lowest BCUT2D eigenvalue weighted by Crippen LogP contribution is -2.33. The number of nitrogens with zero attached hydrogens (tertiary/aromatic N) is 3. The van der Waals surface area contributed by atoms with Crippen molar-refractivity contribution in [2.45, 2.75) is 24.5 Å². The number of imidazole rings is 1. The van der Waals surface area contributed by atoms with Crippen LogP contribution in [0.3, 0.4) is 0 Å². The molecular formula is C10H15N5O6. The summed E-state index contributed by atoms with van der Waals surface area (Å²) >= 11 is 0. The lowest BCUT2D eigenvalue weighted by Gasteiger charge is -2.16. The molecule has 0 bridgehead atoms. The minimum absolute atomic E-state index is 0. The van der Waals surface area contributed by atoms with Crippen molar-refractivity contribution in [1.29, 1.82) is 0 Å². The average Bonchev–Trinajstić information content (AvgIpc) is 2.93. The molecule has 3 heterocycles. The first kappa shape index (κ1) is 15.3. The van der Waals surface area contributed by atoms with Gasteiger partial charge in [0.25, 0.3) is 0 Å². The van der Waals surface area contributed by atoms with E-state index in [1.165, 1.54) is 10.9 Å². The van der Waals surface area contributed by atoms with Gasteiger partial charge in [0.15, 0.2) is 11.9 Å². The van der Waals surface area contributed by atoms with Gasteiger partial charge in [0, 0.05) is 0 Å². The number of hydrogen-bond donors (Lipinski definition) is 5. The normalized spacial score (nSPS) is 28.7. The van der Waals surface area contributed by atoms with Crippen LogP contribution in [-0.4, -0.2) is 65.2 Å². The molecule has 11 heteroatoms. The zero-order chi connectivity index (χ0) is 14.4. The number of hydrogen-bond acceptors (Lipinski definition) is 8. The van der Waals surface area contributed by atoms with E-state index in [0.29, 0.717) is 0 Å². The maximum Gasteiger partial charge on any atom is 0.348 e. The zero-order valence-corrected chi connectivity index (χ0v) is 10.7. The van der Waals surface area contributed by atoms with Crippen LogP contribution in [0.4, 0.5) is 5.82 Å². The highest BCUT2D eigenvalue weighted by atomic mass is 16.6. The van der Waals surface area contributed by atoms with E-state index in [1.807, 2.05) is 0 Å². The molecule has 2 aromatic heterocycles. The Labute approximate surface area is 116 Å². The Hall–Kier alpha value is -2.05. The topological polar surface area (TPSA) is 191 Å². The fourth-order valence-electron chi connectivity index (χ4n) is 2.25. The van der Waals surface area contributed by atoms with Gasteiger partial charge in [-0.15, -0.1) is 0 Å². The lowest BCUT2D eigenvalue weighted by molar-refractivity contribution is -0.0511. The monoisotopic (exact) mass is 301 g/mol. The van der Waals surface area contributed by atoms with Gasteiger partial charge in [-0.25, -0.2) is 9.78 Å². The van der Waals surface area contributed by atoms with Gasteiger partial charge < -0.3 is 31.3 Å². The quantitative estimate of drug-likeness (QED) is 0.377. The summed E-state index contributed by atoms with van der Waals surface area (Å²) in [5.41, 5.74) is 5.34. The average molecular weight is 301 g/mol. The summed E-state index contributed by atoms with van der Waals surface area (Å²) in [5, 5.41) is 28.7. The summed E-state index contributed by atoms with van der Waals surface area (Å²) in [4.78, 5) is 21.4. The Kier molecular flexibility index (Phi) is 3.93. The predicted molar refractivity (Wildman–Crippen MR) is 69.2 cm³/mol. The molecule has 0 unspecified atom stereocenters. The Morgan fingerprint density at radius 3 is 2.76 bits per heavy atom. The summed E-state index contributed by atoms with van der Waals surface area (Å²) in [7, 11) is 0. The molecule has 0 saturated carbocycles. The van der Waals surface area contributed by atoms with Crippen LogP contribution in [0, 0.1) is 0 Å². The van der Waals surface area contributed by atoms with Crippen molar-refractivity contribution in [1.82, 2.24) is 19.5 Å². The third kappa shape index (κ3) is 2.26. The minimum atomic E-state index is -1.29. The lowest BCUT2D eigenvalue weighted by atomic mass is 10.1. The van der Waals surface area contributed by atoms with E-state index in [4.69, 9.17) is 15.6 Å². The van der Waals surface area contributed by atoms with Crippen LogP contribution < -0.4 is 11.4 Å². The van der Waals surface area contributed by atoms with Crippen LogP contribution >= 0.6 is 0 Å². The smallest absolute Gasteiger partial charge is 0.348 e. The molecule has 0 spiro atoms. The fraction of sp³-hybridized carbons (Fsp3) is 0.500. The molecule has 3 rings (SSSR count). The van der Waals surface area contributed by atoms with Gasteiger partial charge in [-0.05, 0) is 0 Å². The van der Waals surface area contributed by atoms with E-state index in [2.05, 4.69) is 15.0 Å². The number of aromatic amines is 1. The maximum absolute atomic E-state index is 11.4. The van der Waals surface area contributed by atoms with Crippen molar-refractivity contribution in [3.05, 3.63) is 16.8 Å². The number of anilines is 1. The van der Waals surface area contributed by atoms with Crippen LogP contribution in [0.15, 0.2) is 11.1 Å². The van der Waals surface area contributed by atoms with Crippen molar-refractivity contribution in [2.24, 2.45) is 0 Å². The summed E-state index contributed by atoms with van der Waals surface area (Å²) in [6.45, 7) is -0.447. The van der Waals surface area contributed by atoms with Crippen molar-refractivity contribution >= 4 is 17.0 Å². The van der Waals surface area contributed by atoms with Gasteiger partial charge in [0.2, 0.25) is 0 Å². The molecule has 0 radical (unpaired) electrons. The molecule has 116 valence electrons. The van der Waals surface area contributed by atoms with Gasteiger partial charge >= 0.3 is 5.69 Å². The first-order valence-electron chi connectivity index (χ1n) is 5.87. The van der Waals surface area contributed by atoms with Gasteiger partial charge in [-0.3, -0.25) is 9.55 Å². The molecule has 1 fully saturated rings. The summed E-state index contributed by atoms with van der Waals surface area (Å²) in [5.74, 6) is 0.0468. The molecule has 0 amide bonds. The van der Waals surface area contributed by atoms with E-state index in [0.717, 1.165) is 0 Å². The van der Waals surface area contributed by atoms with E-state index in [9.17, 15) is 15.0 Å². The molecule has 11 nitrogen and oxygen atoms in total. The summed E-state index contributed by atoms with van der Waals surface area (Å²) in [6.07, 6.45) is -3.18. The molecule has 1 aliphatic rings. The van der Waals surface area contributed by atoms with E-state index >= 15 is 0 Å². The highest BCUT2D eigenvalue weighted by molar-refractivity contribution is 5.81. The van der Waals surface area contributed by atoms with Gasteiger partial charge in [-0.2, -0.15) is 4.98 Å². The Balaban J connectivity index is 0.00000161. The Morgan fingerprint density at radius 1 is 1.43 bits per heavy atom. The molecule has 0 aliphatic carbocycles. The van der Waals surface area contributed by atoms with E-state index < -0.39 is 36.8 Å². The van der Waals surface area contributed by atoms with Crippen LogP contribution in [0.5, 0.6) is 0 Å². The minimum Gasteiger partial charge on any atom is -0.412 e. The Morgan fingerprint density at radius 2 is 2.14 bits per heavy atom. The standard InChI is InChI=1S/C10H13N5O5.H2O/c11-7-4-8(14-10(19)13-7)15(2-12-4)9-6(18)5(17)3(1-16)20-9;/h2-3,5-6,9,16-18H,1H2,(H3,11,13,14,19);1H2/t3-,5-,6-,9-;/m1./s1. The van der Waals surface area contributed by atoms with Crippen LogP contribution in [0.2, 0.25) is 0 Å². The second-order valence-corrected chi connectivity index (χ2v) is 4.51. The highest BCUT2D eigenvalue weighted by Crippen LogP contribution is 2.31. The molecule has 8 N–H and O–H groups in total. The number of nitrogens with one attached hydrogen (secondary N) is 1. The largest absolute Gasteiger partial charge is 0.412 e. The number of aliphatic hydroxyl groups excluding tert-OH is 3. The molecule has 21 heavy (non-hydrogen) atoms. The fourth-order valence-corrected chi connectivity index (χ4v) is 2.25. The third-order valence-corrected chi connectivity index (χ3v) is 3.26. The number of nitrogen functional groups attached to an aromatic ring is 1. The van der Waals surface area contributed by atoms with Crippen LogP contribution in [0.25, 0.3) is 11.2 Å². The first-order valence-corrected chi connectivity index (χ1v) is 5.87. The number of nitrogens with two attached hydrogens (primary N) is 1. The molecule has 1 aliphatic heterocycles. The van der Waals surface area contributed by atoms with Crippen LogP contribution in [0.1, 0.15) is 6.23 Å².